The fourth-order valence-electron chi connectivity index (χ4n) is 4.34. The van der Waals surface area contributed by atoms with Gasteiger partial charge in [0.25, 0.3) is 10.0 Å². The van der Waals surface area contributed by atoms with E-state index in [0.29, 0.717) is 34.3 Å². The zero-order valence-electron chi connectivity index (χ0n) is 23.8. The minimum Gasteiger partial charge on any atom is -0.354 e. The van der Waals surface area contributed by atoms with Crippen LogP contribution < -0.4 is 9.62 Å². The summed E-state index contributed by atoms with van der Waals surface area (Å²) in [4.78, 5) is 28.9. The van der Waals surface area contributed by atoms with E-state index in [2.05, 4.69) is 5.32 Å². The Morgan fingerprint density at radius 1 is 0.878 bits per heavy atom. The van der Waals surface area contributed by atoms with Gasteiger partial charge in [0.15, 0.2) is 0 Å². The van der Waals surface area contributed by atoms with Crippen LogP contribution in [0.5, 0.6) is 0 Å². The molecule has 0 radical (unpaired) electrons. The second kappa shape index (κ2) is 14.7. The van der Waals surface area contributed by atoms with E-state index in [0.717, 1.165) is 16.3 Å². The van der Waals surface area contributed by atoms with Gasteiger partial charge >= 0.3 is 0 Å². The van der Waals surface area contributed by atoms with Crippen molar-refractivity contribution in [2.45, 2.75) is 58.0 Å². The number of aryl methyl sites for hydroxylation is 1. The van der Waals surface area contributed by atoms with Crippen LogP contribution >= 0.6 is 23.2 Å². The number of sulfonamides is 1. The number of halogens is 2. The van der Waals surface area contributed by atoms with Gasteiger partial charge in [-0.2, -0.15) is 0 Å². The third-order valence-electron chi connectivity index (χ3n) is 6.70. The Bertz CT molecular complexity index is 1410. The number of nitrogens with one attached hydrogen (secondary N) is 1. The molecule has 0 aliphatic carbocycles. The molecular weight excluding hydrogens is 581 g/mol. The summed E-state index contributed by atoms with van der Waals surface area (Å²) in [6, 6.07) is 19.1. The highest BCUT2D eigenvalue weighted by Crippen LogP contribution is 2.29. The SMILES string of the molecule is CCc1ccc(N(CC(=O)N(Cc2c(Cl)cccc2Cl)[C@H](CC)C(=O)NCC(C)C)S(=O)(=O)c2ccccc2)cc1. The van der Waals surface area contributed by atoms with Crippen molar-refractivity contribution < 1.29 is 18.0 Å². The highest BCUT2D eigenvalue weighted by molar-refractivity contribution is 7.92. The molecule has 0 unspecified atom stereocenters. The maximum Gasteiger partial charge on any atom is 0.264 e. The summed E-state index contributed by atoms with van der Waals surface area (Å²) in [5, 5.41) is 3.59. The first-order valence-corrected chi connectivity index (χ1v) is 15.9. The summed E-state index contributed by atoms with van der Waals surface area (Å²) in [7, 11) is -4.13. The van der Waals surface area contributed by atoms with Crippen LogP contribution in [0, 0.1) is 5.92 Å². The average molecular weight is 619 g/mol. The number of hydrogen-bond donors (Lipinski definition) is 1. The Labute approximate surface area is 253 Å². The monoisotopic (exact) mass is 617 g/mol. The van der Waals surface area contributed by atoms with E-state index in [9.17, 15) is 18.0 Å². The smallest absolute Gasteiger partial charge is 0.264 e. The number of benzene rings is 3. The third kappa shape index (κ3) is 8.24. The first-order chi connectivity index (χ1) is 19.5. The molecule has 220 valence electrons. The lowest BCUT2D eigenvalue weighted by atomic mass is 10.1. The van der Waals surface area contributed by atoms with Crippen molar-refractivity contribution in [3.63, 3.8) is 0 Å². The van der Waals surface area contributed by atoms with Gasteiger partial charge in [0, 0.05) is 28.7 Å². The number of amides is 2. The van der Waals surface area contributed by atoms with Gasteiger partial charge in [-0.05, 0) is 60.7 Å². The lowest BCUT2D eigenvalue weighted by Gasteiger charge is -2.33. The average Bonchev–Trinajstić information content (AvgIpc) is 2.96. The number of hydrogen-bond acceptors (Lipinski definition) is 4. The predicted molar refractivity (Wildman–Crippen MR) is 166 cm³/mol. The van der Waals surface area contributed by atoms with E-state index in [1.165, 1.54) is 17.0 Å². The van der Waals surface area contributed by atoms with Crippen LogP contribution in [0.1, 0.15) is 45.2 Å². The van der Waals surface area contributed by atoms with Crippen LogP contribution in [-0.2, 0) is 32.6 Å². The van der Waals surface area contributed by atoms with Gasteiger partial charge in [0.2, 0.25) is 11.8 Å². The zero-order chi connectivity index (χ0) is 30.2. The Balaban J connectivity index is 2.08. The second-order valence-corrected chi connectivity index (χ2v) is 12.8. The number of carbonyl (C=O) groups is 2. The van der Waals surface area contributed by atoms with E-state index in [-0.39, 0.29) is 23.3 Å². The molecule has 0 aliphatic rings. The molecule has 0 saturated carbocycles. The van der Waals surface area contributed by atoms with Gasteiger partial charge in [-0.15, -0.1) is 0 Å². The topological polar surface area (TPSA) is 86.8 Å². The van der Waals surface area contributed by atoms with E-state index in [4.69, 9.17) is 23.2 Å². The van der Waals surface area contributed by atoms with Crippen LogP contribution in [0.25, 0.3) is 0 Å². The standard InChI is InChI=1S/C31H37Cl2N3O4S/c1-5-23-15-17-24(18-16-23)36(41(39,40)25-11-8-7-9-12-25)21-30(37)35(20-26-27(32)13-10-14-28(26)33)29(6-2)31(38)34-19-22(3)4/h7-18,22,29H,5-6,19-21H2,1-4H3,(H,34,38)/t29-/m1/s1. The molecule has 0 saturated heterocycles. The maximum absolute atomic E-state index is 14.2. The van der Waals surface area contributed by atoms with Crippen molar-refractivity contribution in [2.24, 2.45) is 5.92 Å². The van der Waals surface area contributed by atoms with E-state index in [1.54, 1.807) is 55.5 Å². The molecule has 0 heterocycles. The van der Waals surface area contributed by atoms with Crippen LogP contribution in [0.15, 0.2) is 77.7 Å². The minimum absolute atomic E-state index is 0.0507. The summed E-state index contributed by atoms with van der Waals surface area (Å²) in [6.07, 6.45) is 1.08. The molecule has 7 nitrogen and oxygen atoms in total. The largest absolute Gasteiger partial charge is 0.354 e. The molecule has 3 aromatic rings. The Kier molecular flexibility index (Phi) is 11.6. The number of anilines is 1. The Hall–Kier alpha value is -3.07. The fourth-order valence-corrected chi connectivity index (χ4v) is 6.29. The van der Waals surface area contributed by atoms with Crippen LogP contribution in [0.2, 0.25) is 10.0 Å². The van der Waals surface area contributed by atoms with Crippen LogP contribution in [-0.4, -0.2) is 44.3 Å². The van der Waals surface area contributed by atoms with E-state index in [1.807, 2.05) is 32.9 Å². The molecule has 1 atom stereocenters. The fraction of sp³-hybridized carbons (Fsp3) is 0.355. The van der Waals surface area contributed by atoms with E-state index < -0.39 is 28.5 Å². The molecule has 0 fully saturated rings. The molecule has 2 amide bonds. The van der Waals surface area contributed by atoms with Gasteiger partial charge in [0.05, 0.1) is 10.6 Å². The first-order valence-electron chi connectivity index (χ1n) is 13.7. The molecule has 3 aromatic carbocycles. The maximum atomic E-state index is 14.2. The molecule has 3 rings (SSSR count). The normalized spacial score (nSPS) is 12.2. The van der Waals surface area contributed by atoms with Gasteiger partial charge < -0.3 is 10.2 Å². The third-order valence-corrected chi connectivity index (χ3v) is 9.20. The number of carbonyl (C=O) groups excluding carboxylic acids is 2. The number of rotatable bonds is 13. The predicted octanol–water partition coefficient (Wildman–Crippen LogP) is 6.33. The first kappa shape index (κ1) is 32.4. The van der Waals surface area contributed by atoms with Crippen LogP contribution in [0.3, 0.4) is 0 Å². The van der Waals surface area contributed by atoms with Crippen molar-refractivity contribution in [1.29, 1.82) is 0 Å². The molecule has 0 bridgehead atoms. The Morgan fingerprint density at radius 2 is 1.49 bits per heavy atom. The molecule has 0 aliphatic heterocycles. The van der Waals surface area contributed by atoms with Gasteiger partial charge in [-0.3, -0.25) is 13.9 Å². The summed E-state index contributed by atoms with van der Waals surface area (Å²) in [5.74, 6) is -0.690. The molecule has 1 N–H and O–H groups in total. The van der Waals surface area contributed by atoms with Crippen molar-refractivity contribution in [3.05, 3.63) is 94.0 Å². The molecule has 10 heteroatoms. The molecular formula is C31H37Cl2N3O4S. The zero-order valence-corrected chi connectivity index (χ0v) is 26.1. The van der Waals surface area contributed by atoms with Crippen molar-refractivity contribution in [1.82, 2.24) is 10.2 Å². The van der Waals surface area contributed by atoms with Crippen molar-refractivity contribution in [3.8, 4) is 0 Å². The quantitative estimate of drug-likeness (QED) is 0.243. The Morgan fingerprint density at radius 3 is 2.02 bits per heavy atom. The minimum atomic E-state index is -4.13. The lowest BCUT2D eigenvalue weighted by molar-refractivity contribution is -0.140. The summed E-state index contributed by atoms with van der Waals surface area (Å²) < 4.78 is 28.9. The van der Waals surface area contributed by atoms with Gasteiger partial charge in [-0.25, -0.2) is 8.42 Å². The summed E-state index contributed by atoms with van der Waals surface area (Å²) in [5.41, 5.74) is 1.84. The second-order valence-electron chi connectivity index (χ2n) is 10.1. The summed E-state index contributed by atoms with van der Waals surface area (Å²) in [6.45, 7) is 7.59. The molecule has 41 heavy (non-hydrogen) atoms. The van der Waals surface area contributed by atoms with Crippen molar-refractivity contribution in [2.75, 3.05) is 17.4 Å². The molecule has 0 spiro atoms. The summed E-state index contributed by atoms with van der Waals surface area (Å²) >= 11 is 12.9. The van der Waals surface area contributed by atoms with Gasteiger partial charge in [0.1, 0.15) is 12.6 Å². The highest BCUT2D eigenvalue weighted by Gasteiger charge is 2.34. The highest BCUT2D eigenvalue weighted by atomic mass is 35.5. The van der Waals surface area contributed by atoms with Gasteiger partial charge in [-0.1, -0.05) is 87.3 Å². The van der Waals surface area contributed by atoms with E-state index >= 15 is 0 Å². The molecule has 0 aromatic heterocycles. The van der Waals surface area contributed by atoms with Crippen molar-refractivity contribution >= 4 is 50.7 Å². The van der Waals surface area contributed by atoms with Crippen LogP contribution in [0.4, 0.5) is 5.69 Å². The number of nitrogens with zero attached hydrogens (tertiary/aromatic N) is 2. The lowest BCUT2D eigenvalue weighted by Crippen LogP contribution is -2.52.